The number of ketones is 1. The molecule has 0 unspecified atom stereocenters. The van der Waals surface area contributed by atoms with Crippen molar-refractivity contribution in [1.82, 2.24) is 4.90 Å². The Hall–Kier alpha value is -3.12. The lowest BCUT2D eigenvalue weighted by atomic mass is 9.95. The lowest BCUT2D eigenvalue weighted by Crippen LogP contribution is -2.35. The fourth-order valence-electron chi connectivity index (χ4n) is 3.38. The van der Waals surface area contributed by atoms with Gasteiger partial charge >= 0.3 is 0 Å². The third-order valence-electron chi connectivity index (χ3n) is 4.74. The maximum Gasteiger partial charge on any atom is 0.295 e. The normalized spacial score (nSPS) is 19.7. The molecule has 3 rings (SSSR count). The Morgan fingerprint density at radius 1 is 1.18 bits per heavy atom. The van der Waals surface area contributed by atoms with Gasteiger partial charge in [0.05, 0.1) is 24.8 Å². The molecule has 0 bridgehead atoms. The monoisotopic (exact) mass is 381 g/mol. The van der Waals surface area contributed by atoms with Crippen molar-refractivity contribution in [2.75, 3.05) is 13.7 Å². The van der Waals surface area contributed by atoms with Gasteiger partial charge in [0.2, 0.25) is 0 Å². The van der Waals surface area contributed by atoms with Crippen LogP contribution in [0.5, 0.6) is 5.75 Å². The van der Waals surface area contributed by atoms with Crippen LogP contribution in [-0.4, -0.2) is 46.6 Å². The van der Waals surface area contributed by atoms with Crippen molar-refractivity contribution in [3.8, 4) is 5.75 Å². The Bertz CT molecular complexity index is 930. The number of carbonyl (C=O) groups excluding carboxylic acids is 2. The Labute approximate surface area is 163 Å². The first-order chi connectivity index (χ1) is 13.3. The molecule has 28 heavy (non-hydrogen) atoms. The van der Waals surface area contributed by atoms with Crippen LogP contribution >= 0.6 is 0 Å². The molecule has 1 aliphatic heterocycles. The van der Waals surface area contributed by atoms with E-state index in [1.54, 1.807) is 43.3 Å². The standard InChI is InChI=1S/C22H23NO5/c1-13-7-9-15(10-8-13)20(25)18-19(16-5-4-6-17(11-16)28-3)23(12-14(2)24)22(27)21(18)26/h4-11,14,19,24-25H,12H2,1-3H3/t14-,19+/m1/s1. The summed E-state index contributed by atoms with van der Waals surface area (Å²) in [4.78, 5) is 26.8. The highest BCUT2D eigenvalue weighted by Gasteiger charge is 2.46. The fourth-order valence-corrected chi connectivity index (χ4v) is 3.38. The average molecular weight is 381 g/mol. The second kappa shape index (κ2) is 7.86. The summed E-state index contributed by atoms with van der Waals surface area (Å²) < 4.78 is 5.26. The number of hydrogen-bond donors (Lipinski definition) is 2. The molecule has 146 valence electrons. The topological polar surface area (TPSA) is 87.1 Å². The van der Waals surface area contributed by atoms with Crippen LogP contribution in [0.3, 0.4) is 0 Å². The predicted molar refractivity (Wildman–Crippen MR) is 105 cm³/mol. The predicted octanol–water partition coefficient (Wildman–Crippen LogP) is 2.81. The van der Waals surface area contributed by atoms with Crippen molar-refractivity contribution in [1.29, 1.82) is 0 Å². The molecule has 1 saturated heterocycles. The van der Waals surface area contributed by atoms with Crippen molar-refractivity contribution in [2.24, 2.45) is 0 Å². The SMILES string of the molecule is COc1cccc([C@H]2C(=C(O)c3ccc(C)cc3)C(=O)C(=O)N2C[C@@H](C)O)c1. The number of hydrogen-bond acceptors (Lipinski definition) is 5. The molecule has 1 amide bonds. The highest BCUT2D eigenvalue weighted by Crippen LogP contribution is 2.40. The van der Waals surface area contributed by atoms with Gasteiger partial charge in [0.25, 0.3) is 11.7 Å². The molecule has 1 heterocycles. The van der Waals surface area contributed by atoms with Crippen molar-refractivity contribution < 1.29 is 24.5 Å². The minimum Gasteiger partial charge on any atom is -0.507 e. The molecule has 6 heteroatoms. The fraction of sp³-hybridized carbons (Fsp3) is 0.273. The van der Waals surface area contributed by atoms with Gasteiger partial charge in [0, 0.05) is 12.1 Å². The lowest BCUT2D eigenvalue weighted by Gasteiger charge is -2.26. The van der Waals surface area contributed by atoms with E-state index in [4.69, 9.17) is 4.74 Å². The van der Waals surface area contributed by atoms with Crippen LogP contribution < -0.4 is 4.74 Å². The quantitative estimate of drug-likeness (QED) is 0.472. The summed E-state index contributed by atoms with van der Waals surface area (Å²) in [6.07, 6.45) is -0.828. The van der Waals surface area contributed by atoms with E-state index in [0.29, 0.717) is 16.9 Å². The van der Waals surface area contributed by atoms with Crippen LogP contribution in [0.15, 0.2) is 54.1 Å². The number of methoxy groups -OCH3 is 1. The summed E-state index contributed by atoms with van der Waals surface area (Å²) in [5, 5.41) is 20.7. The molecule has 2 aromatic carbocycles. The third kappa shape index (κ3) is 3.64. The minimum absolute atomic E-state index is 0.00255. The summed E-state index contributed by atoms with van der Waals surface area (Å²) in [6, 6.07) is 13.2. The van der Waals surface area contributed by atoms with E-state index in [1.807, 2.05) is 19.1 Å². The van der Waals surface area contributed by atoms with Gasteiger partial charge in [-0.05, 0) is 31.5 Å². The molecule has 0 spiro atoms. The number of carbonyl (C=O) groups is 2. The number of amides is 1. The highest BCUT2D eigenvalue weighted by atomic mass is 16.5. The zero-order valence-electron chi connectivity index (χ0n) is 16.0. The maximum absolute atomic E-state index is 12.8. The molecule has 2 atom stereocenters. The zero-order chi connectivity index (χ0) is 20.4. The van der Waals surface area contributed by atoms with E-state index in [1.165, 1.54) is 12.0 Å². The third-order valence-corrected chi connectivity index (χ3v) is 4.74. The molecular formula is C22H23NO5. The molecule has 1 aliphatic rings. The number of aryl methyl sites for hydroxylation is 1. The van der Waals surface area contributed by atoms with E-state index < -0.39 is 23.8 Å². The van der Waals surface area contributed by atoms with Crippen LogP contribution in [0.1, 0.15) is 29.7 Å². The zero-order valence-corrected chi connectivity index (χ0v) is 16.0. The molecular weight excluding hydrogens is 358 g/mol. The van der Waals surface area contributed by atoms with Gasteiger partial charge in [0.1, 0.15) is 11.5 Å². The van der Waals surface area contributed by atoms with Crippen molar-refractivity contribution in [2.45, 2.75) is 26.0 Å². The highest BCUT2D eigenvalue weighted by molar-refractivity contribution is 6.46. The van der Waals surface area contributed by atoms with Crippen LogP contribution in [-0.2, 0) is 9.59 Å². The summed E-state index contributed by atoms with van der Waals surface area (Å²) in [5.74, 6) is -1.19. The Morgan fingerprint density at radius 3 is 2.46 bits per heavy atom. The van der Waals surface area contributed by atoms with Gasteiger partial charge in [0.15, 0.2) is 0 Å². The molecule has 0 aliphatic carbocycles. The Balaban J connectivity index is 2.19. The largest absolute Gasteiger partial charge is 0.507 e. The van der Waals surface area contributed by atoms with Crippen molar-refractivity contribution in [3.63, 3.8) is 0 Å². The smallest absolute Gasteiger partial charge is 0.295 e. The van der Waals surface area contributed by atoms with Crippen LogP contribution in [0.2, 0.25) is 0 Å². The number of ether oxygens (including phenoxy) is 1. The Morgan fingerprint density at radius 2 is 1.86 bits per heavy atom. The van der Waals surface area contributed by atoms with Gasteiger partial charge in [-0.2, -0.15) is 0 Å². The van der Waals surface area contributed by atoms with Gasteiger partial charge in [-0.25, -0.2) is 0 Å². The number of likely N-dealkylation sites (tertiary alicyclic amines) is 1. The molecule has 0 saturated carbocycles. The first-order valence-electron chi connectivity index (χ1n) is 9.01. The number of aliphatic hydroxyl groups is 2. The van der Waals surface area contributed by atoms with Crippen LogP contribution in [0.25, 0.3) is 5.76 Å². The van der Waals surface area contributed by atoms with Crippen LogP contribution in [0, 0.1) is 6.92 Å². The van der Waals surface area contributed by atoms with E-state index in [2.05, 4.69) is 0 Å². The first-order valence-corrected chi connectivity index (χ1v) is 9.01. The van der Waals surface area contributed by atoms with Gasteiger partial charge in [-0.15, -0.1) is 0 Å². The molecule has 6 nitrogen and oxygen atoms in total. The minimum atomic E-state index is -0.828. The summed E-state index contributed by atoms with van der Waals surface area (Å²) in [5.41, 5.74) is 2.08. The van der Waals surface area contributed by atoms with Gasteiger partial charge in [-0.1, -0.05) is 42.0 Å². The first kappa shape index (κ1) is 19.6. The second-order valence-electron chi connectivity index (χ2n) is 6.94. The molecule has 2 N–H and O–H groups in total. The number of Topliss-reactive ketones (excluding diaryl/α,β-unsaturated/α-hetero) is 1. The number of benzene rings is 2. The van der Waals surface area contributed by atoms with E-state index in [9.17, 15) is 19.8 Å². The van der Waals surface area contributed by atoms with Gasteiger partial charge < -0.3 is 19.8 Å². The van der Waals surface area contributed by atoms with Crippen molar-refractivity contribution >= 4 is 17.4 Å². The van der Waals surface area contributed by atoms with Gasteiger partial charge in [-0.3, -0.25) is 9.59 Å². The van der Waals surface area contributed by atoms with Crippen LogP contribution in [0.4, 0.5) is 0 Å². The number of rotatable bonds is 5. The van der Waals surface area contributed by atoms with E-state index in [-0.39, 0.29) is 17.9 Å². The molecule has 0 aromatic heterocycles. The molecule has 0 radical (unpaired) electrons. The lowest BCUT2D eigenvalue weighted by molar-refractivity contribution is -0.140. The molecule has 1 fully saturated rings. The summed E-state index contributed by atoms with van der Waals surface area (Å²) >= 11 is 0. The molecule has 2 aromatic rings. The second-order valence-corrected chi connectivity index (χ2v) is 6.94. The van der Waals surface area contributed by atoms with Crippen molar-refractivity contribution in [3.05, 3.63) is 70.8 Å². The summed E-state index contributed by atoms with van der Waals surface area (Å²) in [6.45, 7) is 3.43. The maximum atomic E-state index is 12.8. The Kier molecular flexibility index (Phi) is 5.51. The number of β-amino-alcohol motifs (C(OH)–C–C–N with tert-alkyl or cyclic N) is 1. The number of nitrogens with zero attached hydrogens (tertiary/aromatic N) is 1. The average Bonchev–Trinajstić information content (AvgIpc) is 2.92. The number of aliphatic hydroxyl groups excluding tert-OH is 2. The van der Waals surface area contributed by atoms with E-state index >= 15 is 0 Å². The summed E-state index contributed by atoms with van der Waals surface area (Å²) in [7, 11) is 1.53. The van der Waals surface area contributed by atoms with E-state index in [0.717, 1.165) is 5.56 Å².